The monoisotopic (exact) mass is 302 g/mol. The fourth-order valence-electron chi connectivity index (χ4n) is 3.04. The van der Waals surface area contributed by atoms with E-state index in [9.17, 15) is 0 Å². The SMILES string of the molecule is C=Cc1ccc(N)c(C(C)CCc2cccc3cccnc23)c1. The third-order valence-electron chi connectivity index (χ3n) is 4.44. The molecule has 1 atom stereocenters. The molecule has 0 aliphatic rings. The van der Waals surface area contributed by atoms with Crippen molar-refractivity contribution in [3.63, 3.8) is 0 Å². The number of aromatic nitrogens is 1. The average Bonchev–Trinajstić information content (AvgIpc) is 2.60. The molecule has 2 N–H and O–H groups in total. The smallest absolute Gasteiger partial charge is 0.0733 e. The molecule has 0 saturated carbocycles. The maximum absolute atomic E-state index is 6.16. The number of nitrogens with zero attached hydrogens (tertiary/aromatic N) is 1. The zero-order chi connectivity index (χ0) is 16.2. The normalized spacial score (nSPS) is 12.2. The Bertz CT molecular complexity index is 831. The van der Waals surface area contributed by atoms with Crippen molar-refractivity contribution in [2.24, 2.45) is 0 Å². The van der Waals surface area contributed by atoms with Crippen LogP contribution in [0.25, 0.3) is 17.0 Å². The molecular weight excluding hydrogens is 280 g/mol. The Morgan fingerprint density at radius 3 is 2.83 bits per heavy atom. The van der Waals surface area contributed by atoms with E-state index in [1.165, 1.54) is 16.5 Å². The molecule has 116 valence electrons. The molecule has 0 amide bonds. The first kappa shape index (κ1) is 15.3. The van der Waals surface area contributed by atoms with E-state index in [0.717, 1.165) is 29.6 Å². The van der Waals surface area contributed by atoms with Gasteiger partial charge in [0.25, 0.3) is 0 Å². The van der Waals surface area contributed by atoms with Crippen molar-refractivity contribution in [2.45, 2.75) is 25.7 Å². The number of hydrogen-bond donors (Lipinski definition) is 1. The largest absolute Gasteiger partial charge is 0.398 e. The van der Waals surface area contributed by atoms with Gasteiger partial charge >= 0.3 is 0 Å². The van der Waals surface area contributed by atoms with E-state index in [0.29, 0.717) is 5.92 Å². The molecular formula is C21H22N2. The van der Waals surface area contributed by atoms with E-state index >= 15 is 0 Å². The number of anilines is 1. The Hall–Kier alpha value is -2.61. The zero-order valence-corrected chi connectivity index (χ0v) is 13.5. The zero-order valence-electron chi connectivity index (χ0n) is 13.5. The Kier molecular flexibility index (Phi) is 4.42. The highest BCUT2D eigenvalue weighted by Gasteiger charge is 2.11. The maximum Gasteiger partial charge on any atom is 0.0733 e. The number of fused-ring (bicyclic) bond motifs is 1. The van der Waals surface area contributed by atoms with Crippen LogP contribution >= 0.6 is 0 Å². The fourth-order valence-corrected chi connectivity index (χ4v) is 3.04. The number of benzene rings is 2. The summed E-state index contributed by atoms with van der Waals surface area (Å²) in [6.45, 7) is 6.07. The topological polar surface area (TPSA) is 38.9 Å². The number of hydrogen-bond acceptors (Lipinski definition) is 2. The second kappa shape index (κ2) is 6.66. The summed E-state index contributed by atoms with van der Waals surface area (Å²) in [6, 6.07) is 16.6. The van der Waals surface area contributed by atoms with Crippen LogP contribution in [0.3, 0.4) is 0 Å². The van der Waals surface area contributed by atoms with Crippen molar-refractivity contribution in [3.8, 4) is 0 Å². The molecule has 2 nitrogen and oxygen atoms in total. The van der Waals surface area contributed by atoms with Crippen LogP contribution in [0, 0.1) is 0 Å². The van der Waals surface area contributed by atoms with Crippen LogP contribution in [0.2, 0.25) is 0 Å². The highest BCUT2D eigenvalue weighted by Crippen LogP contribution is 2.28. The van der Waals surface area contributed by atoms with E-state index in [-0.39, 0.29) is 0 Å². The lowest BCUT2D eigenvalue weighted by atomic mass is 9.91. The number of nitrogen functional groups attached to an aromatic ring is 1. The van der Waals surface area contributed by atoms with Gasteiger partial charge < -0.3 is 5.73 Å². The minimum Gasteiger partial charge on any atom is -0.398 e. The van der Waals surface area contributed by atoms with Crippen molar-refractivity contribution in [1.82, 2.24) is 4.98 Å². The van der Waals surface area contributed by atoms with E-state index in [4.69, 9.17) is 5.73 Å². The first-order valence-electron chi connectivity index (χ1n) is 8.03. The third kappa shape index (κ3) is 3.26. The van der Waals surface area contributed by atoms with Gasteiger partial charge in [0.05, 0.1) is 5.52 Å². The number of aryl methyl sites for hydroxylation is 1. The summed E-state index contributed by atoms with van der Waals surface area (Å²) in [5.74, 6) is 0.397. The number of nitrogens with two attached hydrogens (primary N) is 1. The molecule has 0 saturated heterocycles. The number of pyridine rings is 1. The van der Waals surface area contributed by atoms with Gasteiger partial charge in [0.15, 0.2) is 0 Å². The van der Waals surface area contributed by atoms with Crippen LogP contribution in [-0.4, -0.2) is 4.98 Å². The molecule has 0 aliphatic heterocycles. The molecule has 2 heteroatoms. The summed E-state index contributed by atoms with van der Waals surface area (Å²) in [7, 11) is 0. The van der Waals surface area contributed by atoms with E-state index in [1.807, 2.05) is 30.5 Å². The van der Waals surface area contributed by atoms with E-state index < -0.39 is 0 Å². The van der Waals surface area contributed by atoms with E-state index in [1.54, 1.807) is 0 Å². The number of rotatable bonds is 5. The highest BCUT2D eigenvalue weighted by molar-refractivity contribution is 5.81. The highest BCUT2D eigenvalue weighted by atomic mass is 14.6. The molecule has 0 radical (unpaired) electrons. The van der Waals surface area contributed by atoms with Crippen LogP contribution in [0.1, 0.15) is 36.0 Å². The summed E-state index contributed by atoms with van der Waals surface area (Å²) < 4.78 is 0. The molecule has 1 heterocycles. The summed E-state index contributed by atoms with van der Waals surface area (Å²) in [5, 5.41) is 1.20. The van der Waals surface area contributed by atoms with Crippen LogP contribution in [0.4, 0.5) is 5.69 Å². The Morgan fingerprint density at radius 1 is 1.17 bits per heavy atom. The van der Waals surface area contributed by atoms with Gasteiger partial charge in [0, 0.05) is 17.3 Å². The third-order valence-corrected chi connectivity index (χ3v) is 4.44. The van der Waals surface area contributed by atoms with Gasteiger partial charge in [-0.1, -0.05) is 49.9 Å². The Balaban J connectivity index is 1.81. The molecule has 0 fully saturated rings. The van der Waals surface area contributed by atoms with Crippen LogP contribution in [0.5, 0.6) is 0 Å². The first-order valence-corrected chi connectivity index (χ1v) is 8.03. The van der Waals surface area contributed by atoms with Gasteiger partial charge in [-0.2, -0.15) is 0 Å². The molecule has 0 aliphatic carbocycles. The molecule has 23 heavy (non-hydrogen) atoms. The standard InChI is InChI=1S/C21H22N2/c1-3-16-10-12-20(22)19(14-16)15(2)9-11-18-7-4-6-17-8-5-13-23-21(17)18/h3-8,10,12-15H,1,9,11,22H2,2H3. The molecule has 1 unspecified atom stereocenters. The average molecular weight is 302 g/mol. The molecule has 0 bridgehead atoms. The van der Waals surface area contributed by atoms with Crippen molar-refractivity contribution in [1.29, 1.82) is 0 Å². The van der Waals surface area contributed by atoms with Crippen molar-refractivity contribution in [2.75, 3.05) is 5.73 Å². The van der Waals surface area contributed by atoms with Gasteiger partial charge in [-0.15, -0.1) is 0 Å². The summed E-state index contributed by atoms with van der Waals surface area (Å²) >= 11 is 0. The first-order chi connectivity index (χ1) is 11.2. The Labute approximate surface area is 137 Å². The summed E-state index contributed by atoms with van der Waals surface area (Å²) in [6.07, 6.45) is 5.76. The minimum absolute atomic E-state index is 0.397. The second-order valence-electron chi connectivity index (χ2n) is 6.02. The summed E-state index contributed by atoms with van der Waals surface area (Å²) in [5.41, 5.74) is 11.7. The minimum atomic E-state index is 0.397. The predicted octanol–water partition coefficient (Wildman–Crippen LogP) is 5.20. The van der Waals surface area contributed by atoms with Crippen molar-refractivity contribution in [3.05, 3.63) is 78.0 Å². The second-order valence-corrected chi connectivity index (χ2v) is 6.02. The fraction of sp³-hybridized carbons (Fsp3) is 0.190. The van der Waals surface area contributed by atoms with E-state index in [2.05, 4.69) is 48.8 Å². The Morgan fingerprint density at radius 2 is 2.00 bits per heavy atom. The van der Waals surface area contributed by atoms with Crippen molar-refractivity contribution < 1.29 is 0 Å². The summed E-state index contributed by atoms with van der Waals surface area (Å²) in [4.78, 5) is 4.54. The molecule has 0 spiro atoms. The van der Waals surface area contributed by atoms with Gasteiger partial charge in [0.2, 0.25) is 0 Å². The lowest BCUT2D eigenvalue weighted by Crippen LogP contribution is -2.02. The van der Waals surface area contributed by atoms with Gasteiger partial charge in [-0.3, -0.25) is 4.98 Å². The van der Waals surface area contributed by atoms with Gasteiger partial charge in [-0.05, 0) is 53.6 Å². The molecule has 3 rings (SSSR count). The lowest BCUT2D eigenvalue weighted by molar-refractivity contribution is 0.683. The van der Waals surface area contributed by atoms with Crippen molar-refractivity contribution >= 4 is 22.7 Å². The van der Waals surface area contributed by atoms with Gasteiger partial charge in [0.1, 0.15) is 0 Å². The quantitative estimate of drug-likeness (QED) is 0.658. The number of para-hydroxylation sites is 1. The molecule has 1 aromatic heterocycles. The van der Waals surface area contributed by atoms with Crippen LogP contribution < -0.4 is 5.73 Å². The molecule has 2 aromatic carbocycles. The molecule has 3 aromatic rings. The lowest BCUT2D eigenvalue weighted by Gasteiger charge is -2.16. The van der Waals surface area contributed by atoms with Gasteiger partial charge in [-0.25, -0.2) is 0 Å². The van der Waals surface area contributed by atoms with Crippen LogP contribution in [0.15, 0.2) is 61.3 Å². The van der Waals surface area contributed by atoms with Crippen LogP contribution in [-0.2, 0) is 6.42 Å². The predicted molar refractivity (Wildman–Crippen MR) is 99.4 cm³/mol. The maximum atomic E-state index is 6.16.